The molecule has 1 saturated heterocycles. The third-order valence-electron chi connectivity index (χ3n) is 3.40. The molecule has 1 amide bonds. The summed E-state index contributed by atoms with van der Waals surface area (Å²) in [5, 5.41) is 9.86. The number of hydrogen-bond acceptors (Lipinski definition) is 7. The Morgan fingerprint density at radius 1 is 1.12 bits per heavy atom. The number of benzene rings is 2. The van der Waals surface area contributed by atoms with Crippen LogP contribution in [0.5, 0.6) is 11.5 Å². The van der Waals surface area contributed by atoms with Gasteiger partial charge in [0.25, 0.3) is 5.91 Å². The van der Waals surface area contributed by atoms with Crippen LogP contribution in [0, 0.1) is 5.41 Å². The lowest BCUT2D eigenvalue weighted by Gasteiger charge is -2.13. The number of hydrogen-bond donors (Lipinski definition) is 2. The summed E-state index contributed by atoms with van der Waals surface area (Å²) in [7, 11) is -2.70. The largest absolute Gasteiger partial charge is 0.493 e. The molecule has 1 aliphatic heterocycles. The van der Waals surface area contributed by atoms with Crippen molar-refractivity contribution in [3.8, 4) is 11.5 Å². The van der Waals surface area contributed by atoms with Crippen LogP contribution in [0.4, 0.5) is 0 Å². The van der Waals surface area contributed by atoms with E-state index in [1.54, 1.807) is 36.4 Å². The number of nitrogens with one attached hydrogen (secondary N) is 2. The van der Waals surface area contributed by atoms with E-state index in [1.807, 2.05) is 0 Å². The molecular weight excluding hydrogens is 376 g/mol. The fourth-order valence-corrected chi connectivity index (χ4v) is 3.90. The second-order valence-corrected chi connectivity index (χ2v) is 7.72. The van der Waals surface area contributed by atoms with Crippen LogP contribution in [-0.2, 0) is 14.9 Å². The van der Waals surface area contributed by atoms with Gasteiger partial charge in [0.2, 0.25) is 0 Å². The van der Waals surface area contributed by atoms with Gasteiger partial charge in [0.05, 0.1) is 12.0 Å². The molecule has 1 heterocycles. The predicted molar refractivity (Wildman–Crippen MR) is 98.7 cm³/mol. The van der Waals surface area contributed by atoms with E-state index in [0.717, 1.165) is 11.8 Å². The zero-order chi connectivity index (χ0) is 18.7. The van der Waals surface area contributed by atoms with Gasteiger partial charge in [0, 0.05) is 5.56 Å². The van der Waals surface area contributed by atoms with Crippen LogP contribution in [0.1, 0.15) is 5.56 Å². The topological polar surface area (TPSA) is 106 Å². The minimum Gasteiger partial charge on any atom is -0.493 e. The van der Waals surface area contributed by atoms with Gasteiger partial charge in [0.15, 0.2) is 16.7 Å². The first kappa shape index (κ1) is 18.0. The number of ether oxygens (including phenoxy) is 1. The summed E-state index contributed by atoms with van der Waals surface area (Å²) >= 11 is 0.943. The van der Waals surface area contributed by atoms with E-state index in [4.69, 9.17) is 14.3 Å². The molecule has 0 saturated carbocycles. The lowest BCUT2D eigenvalue weighted by molar-refractivity contribution is -0.115. The molecule has 1 fully saturated rings. The molecule has 0 atom stereocenters. The van der Waals surface area contributed by atoms with Gasteiger partial charge >= 0.3 is 10.1 Å². The number of thioether (sulfide) groups is 1. The predicted octanol–water partition coefficient (Wildman–Crippen LogP) is 2.60. The fraction of sp³-hybridized carbons (Fsp3) is 0.0588. The van der Waals surface area contributed by atoms with Crippen LogP contribution < -0.4 is 14.2 Å². The van der Waals surface area contributed by atoms with Gasteiger partial charge in [-0.15, -0.1) is 0 Å². The number of para-hydroxylation sites is 1. The highest BCUT2D eigenvalue weighted by molar-refractivity contribution is 8.18. The maximum atomic E-state index is 12.6. The van der Waals surface area contributed by atoms with E-state index < -0.39 is 16.0 Å². The maximum Gasteiger partial charge on any atom is 0.339 e. The Balaban J connectivity index is 2.05. The van der Waals surface area contributed by atoms with Crippen molar-refractivity contribution in [2.75, 3.05) is 7.11 Å². The van der Waals surface area contributed by atoms with Crippen molar-refractivity contribution in [1.29, 1.82) is 5.41 Å². The van der Waals surface area contributed by atoms with E-state index in [1.165, 1.54) is 25.3 Å². The first-order chi connectivity index (χ1) is 12.4. The number of amides is 1. The second kappa shape index (κ2) is 7.22. The highest BCUT2D eigenvalue weighted by atomic mass is 32.2. The van der Waals surface area contributed by atoms with Crippen LogP contribution in [-0.4, -0.2) is 26.6 Å². The lowest BCUT2D eigenvalue weighted by Crippen LogP contribution is -2.18. The van der Waals surface area contributed by atoms with E-state index in [2.05, 4.69) is 5.32 Å². The highest BCUT2D eigenvalue weighted by Gasteiger charge is 2.25. The molecule has 2 aromatic rings. The Bertz CT molecular complexity index is 1000. The van der Waals surface area contributed by atoms with Crippen molar-refractivity contribution >= 4 is 39.0 Å². The smallest absolute Gasteiger partial charge is 0.339 e. The van der Waals surface area contributed by atoms with Gasteiger partial charge < -0.3 is 14.2 Å². The van der Waals surface area contributed by atoms with Gasteiger partial charge in [-0.1, -0.05) is 30.3 Å². The van der Waals surface area contributed by atoms with Crippen molar-refractivity contribution in [3.05, 3.63) is 59.0 Å². The van der Waals surface area contributed by atoms with Gasteiger partial charge in [-0.2, -0.15) is 8.42 Å². The standard InChI is InChI=1S/C17H14N2O5S2/c1-23-13-9-5-6-11(10-14-16(20)19-17(18)25-14)15(13)24-26(21,22)12-7-3-2-4-8-12/h2-10H,1H3,(H2,18,19,20)/b14-10-. The SMILES string of the molecule is COc1cccc(/C=C2\SC(=N)NC2=O)c1OS(=O)(=O)c1ccccc1. The van der Waals surface area contributed by atoms with Crippen LogP contribution in [0.15, 0.2) is 58.3 Å². The van der Waals surface area contributed by atoms with Crippen LogP contribution >= 0.6 is 11.8 Å². The fourth-order valence-electron chi connectivity index (χ4n) is 2.22. The summed E-state index contributed by atoms with van der Waals surface area (Å²) in [6.07, 6.45) is 1.46. The Hall–Kier alpha value is -2.78. The number of methoxy groups -OCH3 is 1. The molecule has 26 heavy (non-hydrogen) atoms. The van der Waals surface area contributed by atoms with Crippen molar-refractivity contribution in [3.63, 3.8) is 0 Å². The number of carbonyl (C=O) groups is 1. The summed E-state index contributed by atoms with van der Waals surface area (Å²) in [6.45, 7) is 0. The van der Waals surface area contributed by atoms with E-state index >= 15 is 0 Å². The minimum absolute atomic E-state index is 0.000675. The summed E-state index contributed by atoms with van der Waals surface area (Å²) in [5.74, 6) is -0.254. The molecule has 7 nitrogen and oxygen atoms in total. The highest BCUT2D eigenvalue weighted by Crippen LogP contribution is 2.36. The van der Waals surface area contributed by atoms with Gasteiger partial charge in [-0.3, -0.25) is 10.2 Å². The summed E-state index contributed by atoms with van der Waals surface area (Å²) in [4.78, 5) is 12.1. The normalized spacial score (nSPS) is 15.8. The molecule has 0 unspecified atom stereocenters. The molecule has 0 aromatic heterocycles. The van der Waals surface area contributed by atoms with E-state index in [-0.39, 0.29) is 26.5 Å². The van der Waals surface area contributed by atoms with Gasteiger partial charge in [-0.25, -0.2) is 0 Å². The average molecular weight is 390 g/mol. The molecule has 2 aromatic carbocycles. The van der Waals surface area contributed by atoms with Gasteiger partial charge in [-0.05, 0) is 36.0 Å². The summed E-state index contributed by atoms with van der Waals surface area (Å²) in [6, 6.07) is 12.5. The van der Waals surface area contributed by atoms with E-state index in [9.17, 15) is 13.2 Å². The Morgan fingerprint density at radius 3 is 2.46 bits per heavy atom. The Morgan fingerprint density at radius 2 is 1.85 bits per heavy atom. The molecule has 1 aliphatic rings. The molecule has 0 spiro atoms. The summed E-state index contributed by atoms with van der Waals surface area (Å²) in [5.41, 5.74) is 0.344. The van der Waals surface area contributed by atoms with Crippen molar-refractivity contribution < 1.29 is 22.1 Å². The molecule has 0 radical (unpaired) electrons. The van der Waals surface area contributed by atoms with Crippen LogP contribution in [0.2, 0.25) is 0 Å². The Kier molecular flexibility index (Phi) is 5.01. The van der Waals surface area contributed by atoms with Crippen LogP contribution in [0.25, 0.3) is 6.08 Å². The van der Waals surface area contributed by atoms with Crippen molar-refractivity contribution in [1.82, 2.24) is 5.32 Å². The van der Waals surface area contributed by atoms with Crippen molar-refractivity contribution in [2.24, 2.45) is 0 Å². The summed E-state index contributed by atoms with van der Waals surface area (Å²) < 4.78 is 35.7. The molecule has 134 valence electrons. The monoisotopic (exact) mass is 390 g/mol. The van der Waals surface area contributed by atoms with Crippen molar-refractivity contribution in [2.45, 2.75) is 4.90 Å². The first-order valence-corrected chi connectivity index (χ1v) is 9.59. The number of carbonyl (C=O) groups excluding carboxylic acids is 1. The molecule has 2 N–H and O–H groups in total. The maximum absolute atomic E-state index is 12.6. The first-order valence-electron chi connectivity index (χ1n) is 7.37. The average Bonchev–Trinajstić information content (AvgIpc) is 2.94. The Labute approximate surface area is 154 Å². The quantitative estimate of drug-likeness (QED) is 0.600. The third kappa shape index (κ3) is 3.73. The van der Waals surface area contributed by atoms with Gasteiger partial charge in [0.1, 0.15) is 4.90 Å². The molecule has 0 aliphatic carbocycles. The van der Waals surface area contributed by atoms with Crippen LogP contribution in [0.3, 0.4) is 0 Å². The number of rotatable bonds is 5. The van der Waals surface area contributed by atoms with E-state index in [0.29, 0.717) is 5.56 Å². The zero-order valence-electron chi connectivity index (χ0n) is 13.6. The second-order valence-electron chi connectivity index (χ2n) is 5.12. The lowest BCUT2D eigenvalue weighted by atomic mass is 10.1. The molecule has 3 rings (SSSR count). The zero-order valence-corrected chi connectivity index (χ0v) is 15.2. The third-order valence-corrected chi connectivity index (χ3v) is 5.47. The number of amidine groups is 1. The molecular formula is C17H14N2O5S2. The minimum atomic E-state index is -4.09. The molecule has 0 bridgehead atoms. The molecule has 9 heteroatoms.